The largest absolute Gasteiger partial charge is 0.497 e. The van der Waals surface area contributed by atoms with E-state index >= 15 is 0 Å². The van der Waals surface area contributed by atoms with Gasteiger partial charge < -0.3 is 19.7 Å². The number of benzene rings is 1. The Bertz CT molecular complexity index is 534. The number of halogens is 1. The van der Waals surface area contributed by atoms with Crippen LogP contribution in [0.1, 0.15) is 20.8 Å². The van der Waals surface area contributed by atoms with Gasteiger partial charge >= 0.3 is 6.03 Å². The fourth-order valence-electron chi connectivity index (χ4n) is 2.53. The summed E-state index contributed by atoms with van der Waals surface area (Å²) in [6.45, 7) is 6.99. The maximum Gasteiger partial charge on any atom is 0.322 e. The molecule has 0 bridgehead atoms. The van der Waals surface area contributed by atoms with E-state index in [-0.39, 0.29) is 17.7 Å². The van der Waals surface area contributed by atoms with E-state index < -0.39 is 0 Å². The highest BCUT2D eigenvalue weighted by molar-refractivity contribution is 6.33. The predicted octanol–water partition coefficient (Wildman–Crippen LogP) is 3.38. The first-order valence-corrected chi connectivity index (χ1v) is 7.26. The van der Waals surface area contributed by atoms with Crippen LogP contribution in [0, 0.1) is 0 Å². The number of anilines is 1. The van der Waals surface area contributed by atoms with Crippen LogP contribution in [0.2, 0.25) is 5.02 Å². The van der Waals surface area contributed by atoms with Crippen molar-refractivity contribution in [1.82, 2.24) is 4.90 Å². The Morgan fingerprint density at radius 1 is 1.52 bits per heavy atom. The molecule has 2 rings (SSSR count). The summed E-state index contributed by atoms with van der Waals surface area (Å²) < 4.78 is 10.9. The van der Waals surface area contributed by atoms with E-state index in [1.54, 1.807) is 30.2 Å². The number of carbonyl (C=O) groups is 1. The highest BCUT2D eigenvalue weighted by Crippen LogP contribution is 2.28. The average Bonchev–Trinajstić information content (AvgIpc) is 2.39. The van der Waals surface area contributed by atoms with Crippen LogP contribution in [0.4, 0.5) is 10.5 Å². The van der Waals surface area contributed by atoms with Gasteiger partial charge in [-0.15, -0.1) is 0 Å². The second-order valence-corrected chi connectivity index (χ2v) is 6.25. The minimum atomic E-state index is -0.354. The normalized spacial score (nSPS) is 21.0. The molecule has 0 aliphatic carbocycles. The van der Waals surface area contributed by atoms with Gasteiger partial charge in [-0.05, 0) is 32.9 Å². The van der Waals surface area contributed by atoms with E-state index in [2.05, 4.69) is 5.32 Å². The molecule has 5 nitrogen and oxygen atoms in total. The molecule has 1 saturated heterocycles. The van der Waals surface area contributed by atoms with Crippen molar-refractivity contribution < 1.29 is 14.3 Å². The Hall–Kier alpha value is -1.46. The standard InChI is InChI=1S/C15H21ClN2O3/c1-10-8-18(9-15(2,3)21-10)14(19)17-13-7-11(20-4)5-6-12(13)16/h5-7,10H,8-9H2,1-4H3,(H,17,19). The number of methoxy groups -OCH3 is 1. The number of rotatable bonds is 2. The smallest absolute Gasteiger partial charge is 0.322 e. The van der Waals surface area contributed by atoms with E-state index in [1.807, 2.05) is 20.8 Å². The Kier molecular flexibility index (Phi) is 4.64. The highest BCUT2D eigenvalue weighted by atomic mass is 35.5. The summed E-state index contributed by atoms with van der Waals surface area (Å²) in [7, 11) is 1.57. The number of hydrogen-bond donors (Lipinski definition) is 1. The SMILES string of the molecule is COc1ccc(Cl)c(NC(=O)N2CC(C)OC(C)(C)C2)c1. The molecule has 1 fully saturated rings. The molecule has 1 aliphatic rings. The van der Waals surface area contributed by atoms with Gasteiger partial charge in [0.2, 0.25) is 0 Å². The van der Waals surface area contributed by atoms with Crippen LogP contribution in [0.15, 0.2) is 18.2 Å². The summed E-state index contributed by atoms with van der Waals surface area (Å²) in [5.41, 5.74) is 0.186. The molecule has 1 heterocycles. The summed E-state index contributed by atoms with van der Waals surface area (Å²) in [4.78, 5) is 14.2. The van der Waals surface area contributed by atoms with Crippen molar-refractivity contribution in [3.8, 4) is 5.75 Å². The van der Waals surface area contributed by atoms with Crippen molar-refractivity contribution >= 4 is 23.3 Å². The number of ether oxygens (including phenoxy) is 2. The van der Waals surface area contributed by atoms with E-state index in [9.17, 15) is 4.79 Å². The molecular formula is C15H21ClN2O3. The fourth-order valence-corrected chi connectivity index (χ4v) is 2.69. The Labute approximate surface area is 130 Å². The number of morpholine rings is 1. The first-order chi connectivity index (χ1) is 9.80. The lowest BCUT2D eigenvalue weighted by Crippen LogP contribution is -2.54. The summed E-state index contributed by atoms with van der Waals surface area (Å²) in [6, 6.07) is 4.96. The molecule has 2 amide bonds. The van der Waals surface area contributed by atoms with Gasteiger partial charge in [0.05, 0.1) is 36.1 Å². The molecule has 0 aromatic heterocycles. The van der Waals surface area contributed by atoms with E-state index in [1.165, 1.54) is 0 Å². The quantitative estimate of drug-likeness (QED) is 0.910. The van der Waals surface area contributed by atoms with Crippen LogP contribution in [0.3, 0.4) is 0 Å². The molecule has 1 N–H and O–H groups in total. The third-order valence-corrected chi connectivity index (χ3v) is 3.60. The molecule has 1 unspecified atom stereocenters. The van der Waals surface area contributed by atoms with Crippen LogP contribution in [0.25, 0.3) is 0 Å². The van der Waals surface area contributed by atoms with Crippen LogP contribution in [-0.2, 0) is 4.74 Å². The fraction of sp³-hybridized carbons (Fsp3) is 0.533. The van der Waals surface area contributed by atoms with Crippen molar-refractivity contribution in [1.29, 1.82) is 0 Å². The van der Waals surface area contributed by atoms with Crippen molar-refractivity contribution in [2.75, 3.05) is 25.5 Å². The second kappa shape index (κ2) is 6.12. The van der Waals surface area contributed by atoms with Crippen molar-refractivity contribution in [3.63, 3.8) is 0 Å². The zero-order valence-corrected chi connectivity index (χ0v) is 13.5. The minimum Gasteiger partial charge on any atom is -0.497 e. The first-order valence-electron chi connectivity index (χ1n) is 6.88. The number of nitrogens with zero attached hydrogens (tertiary/aromatic N) is 1. The topological polar surface area (TPSA) is 50.8 Å². The number of urea groups is 1. The molecule has 1 atom stereocenters. The predicted molar refractivity (Wildman–Crippen MR) is 83.2 cm³/mol. The van der Waals surface area contributed by atoms with Gasteiger partial charge in [-0.1, -0.05) is 11.6 Å². The first kappa shape index (κ1) is 15.9. The third-order valence-electron chi connectivity index (χ3n) is 3.27. The summed E-state index contributed by atoms with van der Waals surface area (Å²) in [5, 5.41) is 3.31. The van der Waals surface area contributed by atoms with Gasteiger partial charge in [0.15, 0.2) is 0 Å². The Morgan fingerprint density at radius 2 is 2.24 bits per heavy atom. The molecule has 0 saturated carbocycles. The molecule has 1 aromatic rings. The summed E-state index contributed by atoms with van der Waals surface area (Å²) in [6.07, 6.45) is 0.000261. The molecular weight excluding hydrogens is 292 g/mol. The van der Waals surface area contributed by atoms with Crippen molar-refractivity contribution in [2.24, 2.45) is 0 Å². The maximum atomic E-state index is 12.4. The second-order valence-electron chi connectivity index (χ2n) is 5.84. The van der Waals surface area contributed by atoms with E-state index in [0.29, 0.717) is 29.5 Å². The van der Waals surface area contributed by atoms with Gasteiger partial charge in [-0.25, -0.2) is 4.79 Å². The molecule has 21 heavy (non-hydrogen) atoms. The van der Waals surface area contributed by atoms with Crippen LogP contribution < -0.4 is 10.1 Å². The number of hydrogen-bond acceptors (Lipinski definition) is 3. The van der Waals surface area contributed by atoms with Gasteiger partial charge in [-0.3, -0.25) is 0 Å². The third kappa shape index (κ3) is 4.02. The van der Waals surface area contributed by atoms with Gasteiger partial charge in [-0.2, -0.15) is 0 Å². The average molecular weight is 313 g/mol. The van der Waals surface area contributed by atoms with Crippen molar-refractivity contribution in [2.45, 2.75) is 32.5 Å². The lowest BCUT2D eigenvalue weighted by Gasteiger charge is -2.41. The van der Waals surface area contributed by atoms with Crippen LogP contribution in [0.5, 0.6) is 5.75 Å². The molecule has 0 spiro atoms. The molecule has 116 valence electrons. The van der Waals surface area contributed by atoms with E-state index in [0.717, 1.165) is 0 Å². The highest BCUT2D eigenvalue weighted by Gasteiger charge is 2.33. The van der Waals surface area contributed by atoms with E-state index in [4.69, 9.17) is 21.1 Å². The lowest BCUT2D eigenvalue weighted by molar-refractivity contribution is -0.116. The number of amides is 2. The Balaban J connectivity index is 2.11. The van der Waals surface area contributed by atoms with Crippen molar-refractivity contribution in [3.05, 3.63) is 23.2 Å². The van der Waals surface area contributed by atoms with Gasteiger partial charge in [0.1, 0.15) is 5.75 Å². The minimum absolute atomic E-state index is 0.000261. The number of nitrogens with one attached hydrogen (secondary N) is 1. The molecule has 6 heteroatoms. The van der Waals surface area contributed by atoms with Gasteiger partial charge in [0, 0.05) is 12.6 Å². The lowest BCUT2D eigenvalue weighted by atomic mass is 10.1. The zero-order valence-electron chi connectivity index (χ0n) is 12.8. The van der Waals surface area contributed by atoms with Crippen LogP contribution >= 0.6 is 11.6 Å². The zero-order chi connectivity index (χ0) is 15.6. The Morgan fingerprint density at radius 3 is 2.86 bits per heavy atom. The summed E-state index contributed by atoms with van der Waals surface area (Å²) in [5.74, 6) is 0.644. The van der Waals surface area contributed by atoms with Crippen LogP contribution in [-0.4, -0.2) is 42.8 Å². The number of carbonyl (C=O) groups excluding carboxylic acids is 1. The maximum absolute atomic E-state index is 12.4. The summed E-state index contributed by atoms with van der Waals surface area (Å²) >= 11 is 6.11. The monoisotopic (exact) mass is 312 g/mol. The molecule has 1 aromatic carbocycles. The van der Waals surface area contributed by atoms with Gasteiger partial charge in [0.25, 0.3) is 0 Å². The molecule has 1 aliphatic heterocycles. The molecule has 0 radical (unpaired) electrons.